The highest BCUT2D eigenvalue weighted by Crippen LogP contribution is 2.38. The van der Waals surface area contributed by atoms with Gasteiger partial charge in [-0.2, -0.15) is 0 Å². The maximum atomic E-state index is 13.2. The summed E-state index contributed by atoms with van der Waals surface area (Å²) in [6.45, 7) is 3.55. The van der Waals surface area contributed by atoms with Crippen molar-refractivity contribution >= 4 is 23.2 Å². The number of hydrogen-bond acceptors (Lipinski definition) is 3. The smallest absolute Gasteiger partial charge is 0.253 e. The van der Waals surface area contributed by atoms with E-state index in [2.05, 4.69) is 28.9 Å². The predicted molar refractivity (Wildman–Crippen MR) is 122 cm³/mol. The standard InChI is InChI=1S/C25H26N2O2S/c1-2-26-24(29)25(14-15-27(18-25)23(28)19-9-4-3-5-10-19)17-20-11-6-7-12-21(20)22-13-8-16-30-22/h3-13,16H,2,14-15,17-18H2,1H3,(H,26,29). The molecule has 3 aromatic rings. The van der Waals surface area contributed by atoms with E-state index in [-0.39, 0.29) is 11.8 Å². The summed E-state index contributed by atoms with van der Waals surface area (Å²) in [5, 5.41) is 5.10. The molecule has 1 aromatic heterocycles. The number of rotatable bonds is 6. The lowest BCUT2D eigenvalue weighted by molar-refractivity contribution is -0.130. The fraction of sp³-hybridized carbons (Fsp3) is 0.280. The number of amides is 2. The summed E-state index contributed by atoms with van der Waals surface area (Å²) in [5.74, 6) is 0.0302. The van der Waals surface area contributed by atoms with Crippen molar-refractivity contribution in [3.05, 3.63) is 83.2 Å². The van der Waals surface area contributed by atoms with Gasteiger partial charge >= 0.3 is 0 Å². The number of nitrogens with one attached hydrogen (secondary N) is 1. The van der Waals surface area contributed by atoms with Gasteiger partial charge in [0, 0.05) is 30.1 Å². The van der Waals surface area contributed by atoms with Crippen LogP contribution in [0.15, 0.2) is 72.1 Å². The molecule has 1 saturated heterocycles. The summed E-state index contributed by atoms with van der Waals surface area (Å²) in [6, 6.07) is 21.8. The highest BCUT2D eigenvalue weighted by atomic mass is 32.1. The molecule has 4 nitrogen and oxygen atoms in total. The van der Waals surface area contributed by atoms with Crippen LogP contribution in [-0.4, -0.2) is 36.3 Å². The van der Waals surface area contributed by atoms with Crippen molar-refractivity contribution in [1.29, 1.82) is 0 Å². The molecule has 2 amide bonds. The number of carbonyl (C=O) groups is 2. The lowest BCUT2D eigenvalue weighted by Gasteiger charge is -2.29. The summed E-state index contributed by atoms with van der Waals surface area (Å²) in [7, 11) is 0. The first-order chi connectivity index (χ1) is 14.6. The van der Waals surface area contributed by atoms with Gasteiger partial charge in [-0.15, -0.1) is 11.3 Å². The zero-order valence-electron chi connectivity index (χ0n) is 17.1. The minimum atomic E-state index is -0.617. The fourth-order valence-corrected chi connectivity index (χ4v) is 5.07. The zero-order chi connectivity index (χ0) is 21.0. The molecule has 0 aliphatic carbocycles. The summed E-state index contributed by atoms with van der Waals surface area (Å²) in [5.41, 5.74) is 2.38. The van der Waals surface area contributed by atoms with Crippen LogP contribution in [0.2, 0.25) is 0 Å². The van der Waals surface area contributed by atoms with Gasteiger partial charge in [0.15, 0.2) is 0 Å². The van der Waals surface area contributed by atoms with Gasteiger partial charge in [-0.25, -0.2) is 0 Å². The maximum Gasteiger partial charge on any atom is 0.253 e. The molecule has 30 heavy (non-hydrogen) atoms. The van der Waals surface area contributed by atoms with E-state index >= 15 is 0 Å². The monoisotopic (exact) mass is 418 g/mol. The van der Waals surface area contributed by atoms with Crippen LogP contribution in [-0.2, 0) is 11.2 Å². The predicted octanol–water partition coefficient (Wildman–Crippen LogP) is 4.63. The van der Waals surface area contributed by atoms with Crippen LogP contribution in [0.5, 0.6) is 0 Å². The van der Waals surface area contributed by atoms with Crippen molar-refractivity contribution in [2.24, 2.45) is 5.41 Å². The topological polar surface area (TPSA) is 49.4 Å². The van der Waals surface area contributed by atoms with Crippen molar-refractivity contribution in [1.82, 2.24) is 10.2 Å². The molecule has 1 atom stereocenters. The fourth-order valence-electron chi connectivity index (χ4n) is 4.28. The van der Waals surface area contributed by atoms with Gasteiger partial charge in [0.1, 0.15) is 0 Å². The normalized spacial score (nSPS) is 18.4. The zero-order valence-corrected chi connectivity index (χ0v) is 18.0. The van der Waals surface area contributed by atoms with Crippen molar-refractivity contribution in [3.63, 3.8) is 0 Å². The first-order valence-electron chi connectivity index (χ1n) is 10.4. The van der Waals surface area contributed by atoms with E-state index in [1.807, 2.05) is 60.4 Å². The molecule has 0 radical (unpaired) electrons. The van der Waals surface area contributed by atoms with E-state index in [9.17, 15) is 9.59 Å². The van der Waals surface area contributed by atoms with Crippen LogP contribution in [0.25, 0.3) is 10.4 Å². The molecule has 4 rings (SSSR count). The molecule has 1 unspecified atom stereocenters. The van der Waals surface area contributed by atoms with Gasteiger partial charge in [-0.3, -0.25) is 9.59 Å². The SMILES string of the molecule is CCNC(=O)C1(Cc2ccccc2-c2cccs2)CCN(C(=O)c2ccccc2)C1. The second-order valence-corrected chi connectivity index (χ2v) is 8.74. The Morgan fingerprint density at radius 1 is 1.03 bits per heavy atom. The summed E-state index contributed by atoms with van der Waals surface area (Å²) in [4.78, 5) is 29.3. The molecule has 0 bridgehead atoms. The molecule has 2 heterocycles. The molecule has 1 fully saturated rings. The van der Waals surface area contributed by atoms with Crippen LogP contribution in [0.3, 0.4) is 0 Å². The number of thiophene rings is 1. The van der Waals surface area contributed by atoms with E-state index in [4.69, 9.17) is 0 Å². The third kappa shape index (κ3) is 4.03. The molecular formula is C25H26N2O2S. The Balaban J connectivity index is 1.64. The van der Waals surface area contributed by atoms with Crippen molar-refractivity contribution in [3.8, 4) is 10.4 Å². The molecule has 1 N–H and O–H groups in total. The maximum absolute atomic E-state index is 13.2. The van der Waals surface area contributed by atoms with Crippen molar-refractivity contribution in [2.45, 2.75) is 19.8 Å². The van der Waals surface area contributed by atoms with E-state index in [0.29, 0.717) is 38.0 Å². The molecule has 0 saturated carbocycles. The summed E-state index contributed by atoms with van der Waals surface area (Å²) >= 11 is 1.70. The molecule has 0 spiro atoms. The van der Waals surface area contributed by atoms with Gasteiger partial charge in [-0.05, 0) is 54.5 Å². The Labute approximate surface area is 181 Å². The lowest BCUT2D eigenvalue weighted by Crippen LogP contribution is -2.45. The summed E-state index contributed by atoms with van der Waals surface area (Å²) < 4.78 is 0. The third-order valence-corrected chi connectivity index (χ3v) is 6.72. The van der Waals surface area contributed by atoms with Gasteiger partial charge in [-0.1, -0.05) is 48.5 Å². The average Bonchev–Trinajstić information content (AvgIpc) is 3.46. The second-order valence-electron chi connectivity index (χ2n) is 7.79. The Morgan fingerprint density at radius 2 is 1.80 bits per heavy atom. The van der Waals surface area contributed by atoms with E-state index in [0.717, 1.165) is 5.56 Å². The van der Waals surface area contributed by atoms with Crippen molar-refractivity contribution < 1.29 is 9.59 Å². The van der Waals surface area contributed by atoms with Crippen LogP contribution >= 0.6 is 11.3 Å². The van der Waals surface area contributed by atoms with Crippen LogP contribution < -0.4 is 5.32 Å². The van der Waals surface area contributed by atoms with Crippen LogP contribution in [0.1, 0.15) is 29.3 Å². The Hall–Kier alpha value is -2.92. The number of likely N-dealkylation sites (tertiary alicyclic amines) is 1. The van der Waals surface area contributed by atoms with Gasteiger partial charge < -0.3 is 10.2 Å². The second kappa shape index (κ2) is 8.84. The third-order valence-electron chi connectivity index (χ3n) is 5.81. The van der Waals surface area contributed by atoms with E-state index in [1.165, 1.54) is 10.4 Å². The molecule has 5 heteroatoms. The minimum Gasteiger partial charge on any atom is -0.356 e. The Bertz CT molecular complexity index is 1020. The van der Waals surface area contributed by atoms with E-state index < -0.39 is 5.41 Å². The number of hydrogen-bond donors (Lipinski definition) is 1. The lowest BCUT2D eigenvalue weighted by atomic mass is 9.78. The summed E-state index contributed by atoms with van der Waals surface area (Å²) in [6.07, 6.45) is 1.28. The van der Waals surface area contributed by atoms with Crippen LogP contribution in [0, 0.1) is 5.41 Å². The quantitative estimate of drug-likeness (QED) is 0.635. The van der Waals surface area contributed by atoms with E-state index in [1.54, 1.807) is 11.3 Å². The number of carbonyl (C=O) groups excluding carboxylic acids is 2. The van der Waals surface area contributed by atoms with Gasteiger partial charge in [0.05, 0.1) is 5.41 Å². The molecule has 1 aliphatic rings. The highest BCUT2D eigenvalue weighted by molar-refractivity contribution is 7.13. The average molecular weight is 419 g/mol. The molecular weight excluding hydrogens is 392 g/mol. The highest BCUT2D eigenvalue weighted by Gasteiger charge is 2.46. The van der Waals surface area contributed by atoms with Crippen molar-refractivity contribution in [2.75, 3.05) is 19.6 Å². The Kier molecular flexibility index (Phi) is 6.00. The number of benzene rings is 2. The Morgan fingerprint density at radius 3 is 2.53 bits per heavy atom. The molecule has 154 valence electrons. The number of nitrogens with zero attached hydrogens (tertiary/aromatic N) is 1. The van der Waals surface area contributed by atoms with Gasteiger partial charge in [0.2, 0.25) is 5.91 Å². The first kappa shape index (κ1) is 20.4. The van der Waals surface area contributed by atoms with Crippen LogP contribution in [0.4, 0.5) is 0 Å². The minimum absolute atomic E-state index is 0.00619. The molecule has 2 aromatic carbocycles. The largest absolute Gasteiger partial charge is 0.356 e. The first-order valence-corrected chi connectivity index (χ1v) is 11.3. The molecule has 1 aliphatic heterocycles. The van der Waals surface area contributed by atoms with Gasteiger partial charge in [0.25, 0.3) is 5.91 Å².